The zero-order valence-electron chi connectivity index (χ0n) is 7.40. The van der Waals surface area contributed by atoms with Crippen LogP contribution in [0.1, 0.15) is 13.3 Å². The number of Topliss-reactive ketones (excluding diaryl/α,β-unsaturated/α-hetero) is 1. The Morgan fingerprint density at radius 2 is 2.38 bits per heavy atom. The first kappa shape index (κ1) is 10.6. The Balaban J connectivity index is 2.17. The van der Waals surface area contributed by atoms with E-state index in [0.717, 1.165) is 10.8 Å². The quantitative estimate of drug-likeness (QED) is 0.556. The average molecular weight is 213 g/mol. The fourth-order valence-corrected chi connectivity index (χ4v) is 2.65. The van der Waals surface area contributed by atoms with E-state index in [1.54, 1.807) is 34.7 Å². The van der Waals surface area contributed by atoms with E-state index in [2.05, 4.69) is 4.98 Å². The lowest BCUT2D eigenvalue weighted by Crippen LogP contribution is -1.90. The smallest absolute Gasteiger partial charge is 0.130 e. The third kappa shape index (κ3) is 4.95. The van der Waals surface area contributed by atoms with Crippen LogP contribution < -0.4 is 0 Å². The standard InChI is InChI=1S/C9H11NOS2/c1-8(11)5-7-12-13-9-4-2-3-6-10-9/h2-4,6H,5,7H2,1H3. The molecule has 0 saturated heterocycles. The number of aromatic nitrogens is 1. The van der Waals surface area contributed by atoms with E-state index in [9.17, 15) is 4.79 Å². The van der Waals surface area contributed by atoms with Gasteiger partial charge in [-0.1, -0.05) is 16.9 Å². The number of rotatable bonds is 5. The molecule has 0 aliphatic rings. The Hall–Kier alpha value is -0.480. The molecule has 0 radical (unpaired) electrons. The minimum absolute atomic E-state index is 0.245. The van der Waals surface area contributed by atoms with Crippen LogP contribution in [0.5, 0.6) is 0 Å². The van der Waals surface area contributed by atoms with Gasteiger partial charge < -0.3 is 0 Å². The fraction of sp³-hybridized carbons (Fsp3) is 0.333. The van der Waals surface area contributed by atoms with E-state index in [1.807, 2.05) is 18.2 Å². The molecule has 70 valence electrons. The van der Waals surface area contributed by atoms with Crippen molar-refractivity contribution in [2.45, 2.75) is 18.4 Å². The van der Waals surface area contributed by atoms with Crippen LogP contribution in [0.2, 0.25) is 0 Å². The second kappa shape index (κ2) is 6.05. The molecule has 1 rings (SSSR count). The summed E-state index contributed by atoms with van der Waals surface area (Å²) < 4.78 is 0. The largest absolute Gasteiger partial charge is 0.300 e. The van der Waals surface area contributed by atoms with Crippen molar-refractivity contribution in [1.29, 1.82) is 0 Å². The third-order valence-corrected chi connectivity index (χ3v) is 3.59. The molecule has 0 aliphatic carbocycles. The lowest BCUT2D eigenvalue weighted by atomic mass is 10.4. The predicted molar refractivity (Wildman–Crippen MR) is 57.9 cm³/mol. The van der Waals surface area contributed by atoms with Crippen molar-refractivity contribution in [3.63, 3.8) is 0 Å². The Kier molecular flexibility index (Phi) is 4.93. The highest BCUT2D eigenvalue weighted by molar-refractivity contribution is 8.76. The van der Waals surface area contributed by atoms with E-state index in [-0.39, 0.29) is 5.78 Å². The van der Waals surface area contributed by atoms with Crippen molar-refractivity contribution < 1.29 is 4.79 Å². The number of carbonyl (C=O) groups excluding carboxylic acids is 1. The normalized spacial score (nSPS) is 9.92. The molecule has 2 nitrogen and oxygen atoms in total. The molecule has 0 unspecified atom stereocenters. The van der Waals surface area contributed by atoms with Gasteiger partial charge in [0.1, 0.15) is 10.8 Å². The van der Waals surface area contributed by atoms with Crippen LogP contribution >= 0.6 is 21.6 Å². The summed E-state index contributed by atoms with van der Waals surface area (Å²) in [5.41, 5.74) is 0. The molecule has 13 heavy (non-hydrogen) atoms. The summed E-state index contributed by atoms with van der Waals surface area (Å²) >= 11 is 0. The maximum atomic E-state index is 10.6. The van der Waals surface area contributed by atoms with Gasteiger partial charge in [0.25, 0.3) is 0 Å². The highest BCUT2D eigenvalue weighted by Crippen LogP contribution is 2.29. The summed E-state index contributed by atoms with van der Waals surface area (Å²) in [7, 11) is 3.28. The van der Waals surface area contributed by atoms with Gasteiger partial charge in [-0.3, -0.25) is 4.79 Å². The van der Waals surface area contributed by atoms with Crippen LogP contribution in [-0.4, -0.2) is 16.5 Å². The van der Waals surface area contributed by atoms with Crippen LogP contribution in [0.4, 0.5) is 0 Å². The summed E-state index contributed by atoms with van der Waals surface area (Å²) in [6, 6.07) is 5.82. The Bertz CT molecular complexity index is 264. The number of hydrogen-bond acceptors (Lipinski definition) is 4. The van der Waals surface area contributed by atoms with Gasteiger partial charge in [0, 0.05) is 18.4 Å². The van der Waals surface area contributed by atoms with Crippen molar-refractivity contribution >= 4 is 27.4 Å². The van der Waals surface area contributed by atoms with Gasteiger partial charge in [-0.15, -0.1) is 0 Å². The molecule has 0 spiro atoms. The first-order valence-electron chi connectivity index (χ1n) is 3.99. The first-order chi connectivity index (χ1) is 6.29. The zero-order chi connectivity index (χ0) is 9.52. The summed E-state index contributed by atoms with van der Waals surface area (Å²) in [6.07, 6.45) is 2.42. The number of hydrogen-bond donors (Lipinski definition) is 0. The fourth-order valence-electron chi connectivity index (χ4n) is 0.684. The maximum Gasteiger partial charge on any atom is 0.130 e. The molecule has 0 N–H and O–H groups in total. The second-order valence-corrected chi connectivity index (χ2v) is 4.96. The van der Waals surface area contributed by atoms with Crippen LogP contribution in [0.3, 0.4) is 0 Å². The molecule has 0 amide bonds. The molecule has 1 aromatic rings. The molecule has 1 heterocycles. The molecule has 0 aromatic carbocycles. The van der Waals surface area contributed by atoms with E-state index in [0.29, 0.717) is 6.42 Å². The van der Waals surface area contributed by atoms with Gasteiger partial charge in [0.05, 0.1) is 0 Å². The van der Waals surface area contributed by atoms with E-state index < -0.39 is 0 Å². The SMILES string of the molecule is CC(=O)CCSSc1ccccn1. The van der Waals surface area contributed by atoms with Crippen molar-refractivity contribution in [2.24, 2.45) is 0 Å². The van der Waals surface area contributed by atoms with Crippen molar-refractivity contribution in [3.8, 4) is 0 Å². The summed E-state index contributed by atoms with van der Waals surface area (Å²) in [5, 5.41) is 0.996. The lowest BCUT2D eigenvalue weighted by Gasteiger charge is -1.97. The molecule has 0 fully saturated rings. The van der Waals surface area contributed by atoms with Crippen LogP contribution in [0.15, 0.2) is 29.4 Å². The minimum atomic E-state index is 0.245. The van der Waals surface area contributed by atoms with Gasteiger partial charge in [-0.05, 0) is 29.9 Å². The second-order valence-electron chi connectivity index (χ2n) is 2.53. The molecule has 0 saturated carbocycles. The minimum Gasteiger partial charge on any atom is -0.300 e. The van der Waals surface area contributed by atoms with Crippen LogP contribution in [0, 0.1) is 0 Å². The molecule has 4 heteroatoms. The maximum absolute atomic E-state index is 10.6. The van der Waals surface area contributed by atoms with E-state index in [1.165, 1.54) is 0 Å². The zero-order valence-corrected chi connectivity index (χ0v) is 9.03. The van der Waals surface area contributed by atoms with Gasteiger partial charge in [0.2, 0.25) is 0 Å². The molecule has 0 atom stereocenters. The van der Waals surface area contributed by atoms with Gasteiger partial charge in [0.15, 0.2) is 0 Å². The van der Waals surface area contributed by atoms with Crippen LogP contribution in [-0.2, 0) is 4.79 Å². The molecule has 1 aromatic heterocycles. The lowest BCUT2D eigenvalue weighted by molar-refractivity contribution is -0.116. The number of pyridine rings is 1. The van der Waals surface area contributed by atoms with Gasteiger partial charge in [-0.2, -0.15) is 0 Å². The predicted octanol–water partition coefficient (Wildman–Crippen LogP) is 2.80. The number of ketones is 1. The van der Waals surface area contributed by atoms with Crippen molar-refractivity contribution in [2.75, 3.05) is 5.75 Å². The molecule has 0 aliphatic heterocycles. The molecule has 0 bridgehead atoms. The summed E-state index contributed by atoms with van der Waals surface area (Å²) in [5.74, 6) is 1.10. The Labute approximate surface area is 85.9 Å². The monoisotopic (exact) mass is 213 g/mol. The third-order valence-electron chi connectivity index (χ3n) is 1.32. The van der Waals surface area contributed by atoms with Crippen molar-refractivity contribution in [3.05, 3.63) is 24.4 Å². The van der Waals surface area contributed by atoms with E-state index >= 15 is 0 Å². The highest BCUT2D eigenvalue weighted by Gasteiger charge is 1.96. The highest BCUT2D eigenvalue weighted by atomic mass is 33.1. The Morgan fingerprint density at radius 3 is 3.00 bits per heavy atom. The van der Waals surface area contributed by atoms with Gasteiger partial charge in [-0.25, -0.2) is 4.98 Å². The molecular weight excluding hydrogens is 202 g/mol. The average Bonchev–Trinajstić information content (AvgIpc) is 2.14. The molecular formula is C9H11NOS2. The van der Waals surface area contributed by atoms with Crippen molar-refractivity contribution in [1.82, 2.24) is 4.98 Å². The Morgan fingerprint density at radius 1 is 1.54 bits per heavy atom. The van der Waals surface area contributed by atoms with E-state index in [4.69, 9.17) is 0 Å². The number of nitrogens with zero attached hydrogens (tertiary/aromatic N) is 1. The number of carbonyl (C=O) groups is 1. The summed E-state index contributed by atoms with van der Waals surface area (Å²) in [4.78, 5) is 14.8. The van der Waals surface area contributed by atoms with Gasteiger partial charge >= 0.3 is 0 Å². The summed E-state index contributed by atoms with van der Waals surface area (Å²) in [6.45, 7) is 1.62. The topological polar surface area (TPSA) is 30.0 Å². The van der Waals surface area contributed by atoms with Crippen LogP contribution in [0.25, 0.3) is 0 Å². The first-order valence-corrected chi connectivity index (χ1v) is 6.31.